The minimum absolute atomic E-state index is 0.0738. The van der Waals surface area contributed by atoms with E-state index in [2.05, 4.69) is 11.3 Å². The minimum Gasteiger partial charge on any atom is -0.442 e. The maximum absolute atomic E-state index is 13.8. The molecule has 0 aromatic heterocycles. The topological polar surface area (TPSA) is 63.7 Å². The Bertz CT molecular complexity index is 660. The summed E-state index contributed by atoms with van der Waals surface area (Å²) in [6.07, 6.45) is -9.55. The van der Waals surface area contributed by atoms with Gasteiger partial charge in [-0.15, -0.1) is 0 Å². The molecule has 0 radical (unpaired) electrons. The van der Waals surface area contributed by atoms with E-state index in [0.717, 1.165) is 0 Å². The van der Waals surface area contributed by atoms with E-state index >= 15 is 0 Å². The molecule has 0 aromatic carbocycles. The van der Waals surface area contributed by atoms with Gasteiger partial charge in [-0.3, -0.25) is 0 Å². The van der Waals surface area contributed by atoms with Gasteiger partial charge in [0.1, 0.15) is 0 Å². The van der Waals surface area contributed by atoms with Crippen LogP contribution in [0.25, 0.3) is 0 Å². The van der Waals surface area contributed by atoms with Crippen molar-refractivity contribution in [3.05, 3.63) is 12.7 Å². The van der Waals surface area contributed by atoms with E-state index in [1.54, 1.807) is 0 Å². The largest absolute Gasteiger partial charge is 0.460 e. The number of rotatable bonds is 9. The third kappa shape index (κ3) is 4.33. The molecule has 0 N–H and O–H groups in total. The number of esters is 1. The summed E-state index contributed by atoms with van der Waals surface area (Å²) >= 11 is 0. The summed E-state index contributed by atoms with van der Waals surface area (Å²) in [4.78, 5) is 11.1. The minimum atomic E-state index is -7.38. The van der Waals surface area contributed by atoms with Gasteiger partial charge in [0.15, 0.2) is 6.23 Å². The number of carbonyl (C=O) groups is 1. The molecule has 0 bridgehead atoms. The molecule has 160 valence electrons. The van der Waals surface area contributed by atoms with Gasteiger partial charge in [0, 0.05) is 13.1 Å². The van der Waals surface area contributed by atoms with E-state index < -0.39 is 56.2 Å². The molecule has 27 heavy (non-hydrogen) atoms. The number of ether oxygens (including phenoxy) is 1. The van der Waals surface area contributed by atoms with E-state index in [0.29, 0.717) is 6.08 Å². The quantitative estimate of drug-likeness (QED) is 0.239. The summed E-state index contributed by atoms with van der Waals surface area (Å²) in [6.45, 7) is 4.23. The van der Waals surface area contributed by atoms with Gasteiger partial charge >= 0.3 is 29.2 Å². The van der Waals surface area contributed by atoms with Crippen molar-refractivity contribution in [2.45, 2.75) is 49.3 Å². The zero-order valence-electron chi connectivity index (χ0n) is 13.7. The molecular formula is C12H14F9NO4S. The van der Waals surface area contributed by atoms with Gasteiger partial charge in [-0.2, -0.15) is 43.8 Å². The van der Waals surface area contributed by atoms with Gasteiger partial charge in [0.2, 0.25) is 0 Å². The second kappa shape index (κ2) is 7.85. The van der Waals surface area contributed by atoms with Crippen LogP contribution in [0.15, 0.2) is 12.7 Å². The molecule has 0 saturated heterocycles. The van der Waals surface area contributed by atoms with Crippen LogP contribution >= 0.6 is 0 Å². The molecule has 1 unspecified atom stereocenters. The molecule has 0 saturated carbocycles. The Labute approximate surface area is 147 Å². The van der Waals surface area contributed by atoms with Crippen molar-refractivity contribution in [3.63, 3.8) is 0 Å². The summed E-state index contributed by atoms with van der Waals surface area (Å²) in [7, 11) is -6.70. The van der Waals surface area contributed by atoms with Crippen LogP contribution in [0.5, 0.6) is 0 Å². The lowest BCUT2D eigenvalue weighted by Gasteiger charge is -2.36. The third-order valence-corrected chi connectivity index (χ3v) is 5.08. The Morgan fingerprint density at radius 2 is 1.52 bits per heavy atom. The fraction of sp³-hybridized carbons (Fsp3) is 0.750. The highest BCUT2D eigenvalue weighted by atomic mass is 32.2. The van der Waals surface area contributed by atoms with Gasteiger partial charge in [0.25, 0.3) is 10.0 Å². The molecule has 5 nitrogen and oxygen atoms in total. The molecule has 1 atom stereocenters. The smallest absolute Gasteiger partial charge is 0.442 e. The van der Waals surface area contributed by atoms with E-state index in [-0.39, 0.29) is 13.5 Å². The SMILES string of the molecule is C=CC(=O)OC(CCC)N(C)S(=O)(=O)C(F)(F)C(F)(F)C(F)(F)C(F)(F)F. The Morgan fingerprint density at radius 1 is 1.07 bits per heavy atom. The standard InChI is InChI=1S/C12H14F9NO4S/c1-4-6-7(26-8(23)5-2)22(3)27(24,25)12(20,21)10(15,16)9(13,14)11(17,18)19/h5,7H,2,4,6H2,1,3H3. The molecule has 0 aliphatic rings. The Kier molecular flexibility index (Phi) is 7.41. The summed E-state index contributed by atoms with van der Waals surface area (Å²) in [5.74, 6) is -16.1. The monoisotopic (exact) mass is 439 g/mol. The van der Waals surface area contributed by atoms with E-state index in [4.69, 9.17) is 0 Å². The first-order valence-electron chi connectivity index (χ1n) is 6.83. The van der Waals surface area contributed by atoms with Crippen molar-refractivity contribution < 1.29 is 57.5 Å². The van der Waals surface area contributed by atoms with Crippen molar-refractivity contribution in [2.24, 2.45) is 0 Å². The number of nitrogens with zero attached hydrogens (tertiary/aromatic N) is 1. The normalized spacial score (nSPS) is 15.6. The Morgan fingerprint density at radius 3 is 1.85 bits per heavy atom. The number of carbonyl (C=O) groups excluding carboxylic acids is 1. The van der Waals surface area contributed by atoms with Crippen LogP contribution < -0.4 is 0 Å². The summed E-state index contributed by atoms with van der Waals surface area (Å²) in [6, 6.07) is 0. The highest BCUT2D eigenvalue weighted by Gasteiger charge is 2.85. The van der Waals surface area contributed by atoms with Crippen LogP contribution in [0.3, 0.4) is 0 Å². The van der Waals surface area contributed by atoms with Crippen LogP contribution in [0.1, 0.15) is 19.8 Å². The van der Waals surface area contributed by atoms with Gasteiger partial charge in [-0.25, -0.2) is 13.2 Å². The average Bonchev–Trinajstić information content (AvgIpc) is 2.51. The molecule has 0 heterocycles. The number of sulfonamides is 1. The second-order valence-electron chi connectivity index (χ2n) is 5.07. The van der Waals surface area contributed by atoms with Crippen molar-refractivity contribution in [1.29, 1.82) is 0 Å². The molecule has 0 amide bonds. The van der Waals surface area contributed by atoms with Crippen molar-refractivity contribution in [1.82, 2.24) is 4.31 Å². The number of halogens is 9. The molecule has 0 aliphatic carbocycles. The van der Waals surface area contributed by atoms with Crippen LogP contribution in [-0.4, -0.2) is 55.2 Å². The summed E-state index contributed by atoms with van der Waals surface area (Å²) in [5.41, 5.74) is 0. The van der Waals surface area contributed by atoms with Crippen molar-refractivity contribution in [3.8, 4) is 0 Å². The van der Waals surface area contributed by atoms with Gasteiger partial charge < -0.3 is 4.74 Å². The number of hydrogen-bond acceptors (Lipinski definition) is 4. The zero-order valence-corrected chi connectivity index (χ0v) is 14.5. The maximum Gasteiger partial charge on any atom is 0.460 e. The maximum atomic E-state index is 13.8. The Hall–Kier alpha value is -1.51. The predicted molar refractivity (Wildman–Crippen MR) is 72.6 cm³/mol. The first-order chi connectivity index (χ1) is 11.8. The molecule has 0 spiro atoms. The summed E-state index contributed by atoms with van der Waals surface area (Å²) < 4.78 is 143. The van der Waals surface area contributed by atoms with Crippen LogP contribution in [-0.2, 0) is 19.6 Å². The lowest BCUT2D eigenvalue weighted by atomic mass is 10.1. The molecular weight excluding hydrogens is 425 g/mol. The second-order valence-corrected chi connectivity index (χ2v) is 7.11. The third-order valence-electron chi connectivity index (χ3n) is 3.18. The molecule has 0 aliphatic heterocycles. The summed E-state index contributed by atoms with van der Waals surface area (Å²) in [5, 5.41) is -6.90. The predicted octanol–water partition coefficient (Wildman–Crippen LogP) is 3.53. The first-order valence-corrected chi connectivity index (χ1v) is 8.27. The van der Waals surface area contributed by atoms with Crippen molar-refractivity contribution >= 4 is 16.0 Å². The average molecular weight is 439 g/mol. The highest BCUT2D eigenvalue weighted by Crippen LogP contribution is 2.55. The molecule has 0 fully saturated rings. The van der Waals surface area contributed by atoms with Gasteiger partial charge in [-0.05, 0) is 6.42 Å². The van der Waals surface area contributed by atoms with Crippen LogP contribution in [0.4, 0.5) is 39.5 Å². The van der Waals surface area contributed by atoms with E-state index in [1.165, 1.54) is 6.92 Å². The number of hydrogen-bond donors (Lipinski definition) is 0. The highest BCUT2D eigenvalue weighted by molar-refractivity contribution is 7.90. The van der Waals surface area contributed by atoms with Crippen LogP contribution in [0.2, 0.25) is 0 Å². The van der Waals surface area contributed by atoms with E-state index in [9.17, 15) is 52.7 Å². The van der Waals surface area contributed by atoms with Gasteiger partial charge in [-0.1, -0.05) is 19.9 Å². The molecule has 0 aromatic rings. The first kappa shape index (κ1) is 25.5. The lowest BCUT2D eigenvalue weighted by Crippen LogP contribution is -2.65. The zero-order chi connectivity index (χ0) is 22.1. The molecule has 0 rings (SSSR count). The van der Waals surface area contributed by atoms with Crippen molar-refractivity contribution in [2.75, 3.05) is 7.05 Å². The lowest BCUT2D eigenvalue weighted by molar-refractivity contribution is -0.382. The number of alkyl halides is 9. The molecule has 15 heteroatoms. The van der Waals surface area contributed by atoms with Crippen LogP contribution in [0, 0.1) is 0 Å². The fourth-order valence-electron chi connectivity index (χ4n) is 1.60. The fourth-order valence-corrected chi connectivity index (χ4v) is 2.87. The van der Waals surface area contributed by atoms with E-state index in [1.807, 2.05) is 0 Å². The van der Waals surface area contributed by atoms with Gasteiger partial charge in [0.05, 0.1) is 0 Å². The Balaban J connectivity index is 6.21.